The van der Waals surface area contributed by atoms with E-state index < -0.39 is 5.97 Å². The molecule has 0 fully saturated rings. The molecule has 0 aliphatic carbocycles. The lowest BCUT2D eigenvalue weighted by atomic mass is 9.88. The van der Waals surface area contributed by atoms with Crippen LogP contribution in [-0.2, 0) is 0 Å². The zero-order valence-electron chi connectivity index (χ0n) is 21.8. The lowest BCUT2D eigenvalue weighted by molar-refractivity contribution is 0.0701. The number of para-hydroxylation sites is 2. The number of rotatable bonds is 8. The Bertz CT molecular complexity index is 1490. The first-order valence-corrected chi connectivity index (χ1v) is 12.3. The quantitative estimate of drug-likeness (QED) is 0.197. The van der Waals surface area contributed by atoms with Crippen molar-refractivity contribution in [1.29, 1.82) is 0 Å². The second-order valence-corrected chi connectivity index (χ2v) is 9.56. The molecule has 0 bridgehead atoms. The second-order valence-electron chi connectivity index (χ2n) is 9.56. The fourth-order valence-electron chi connectivity index (χ4n) is 4.64. The molecular weight excluding hydrogens is 480 g/mol. The summed E-state index contributed by atoms with van der Waals surface area (Å²) in [6.45, 7) is 4.93. The highest BCUT2D eigenvalue weighted by Crippen LogP contribution is 2.40. The zero-order valence-corrected chi connectivity index (χ0v) is 21.8. The molecule has 2 N–H and O–H groups in total. The maximum atomic E-state index is 12.3. The van der Waals surface area contributed by atoms with Crippen molar-refractivity contribution in [3.05, 3.63) is 96.5 Å². The Kier molecular flexibility index (Phi) is 6.83. The highest BCUT2D eigenvalue weighted by molar-refractivity contribution is 5.89. The van der Waals surface area contributed by atoms with Crippen LogP contribution in [0, 0.1) is 0 Å². The highest BCUT2D eigenvalue weighted by Gasteiger charge is 2.25. The van der Waals surface area contributed by atoms with E-state index in [2.05, 4.69) is 48.8 Å². The highest BCUT2D eigenvalue weighted by atomic mass is 16.5. The summed E-state index contributed by atoms with van der Waals surface area (Å²) >= 11 is 0. The Balaban J connectivity index is 1.44. The Morgan fingerprint density at radius 1 is 0.921 bits per heavy atom. The average molecular weight is 511 g/mol. The molecule has 38 heavy (non-hydrogen) atoms. The van der Waals surface area contributed by atoms with Crippen molar-refractivity contribution in [3.8, 4) is 28.4 Å². The van der Waals surface area contributed by atoms with Crippen LogP contribution in [0.4, 0.5) is 11.4 Å². The minimum atomic E-state index is -0.565. The maximum Gasteiger partial charge on any atom is 0.379 e. The predicted molar refractivity (Wildman–Crippen MR) is 149 cm³/mol. The number of benzene rings is 3. The van der Waals surface area contributed by atoms with E-state index in [1.165, 1.54) is 11.8 Å². The molecule has 0 saturated heterocycles. The fraction of sp³-hybridized carbons (Fsp3) is 0.194. The van der Waals surface area contributed by atoms with Gasteiger partial charge in [0.05, 0.1) is 31.7 Å². The fourth-order valence-corrected chi connectivity index (χ4v) is 4.64. The largest absolute Gasteiger partial charge is 0.496 e. The maximum absolute atomic E-state index is 12.3. The lowest BCUT2D eigenvalue weighted by Crippen LogP contribution is -2.32. The van der Waals surface area contributed by atoms with Gasteiger partial charge in [0.25, 0.3) is 0 Å². The molecule has 0 amide bonds. The third-order valence-corrected chi connectivity index (χ3v) is 6.35. The molecule has 0 spiro atoms. The summed E-state index contributed by atoms with van der Waals surface area (Å²) in [5, 5.41) is 7.14. The van der Waals surface area contributed by atoms with Gasteiger partial charge in [-0.05, 0) is 73.5 Å². The van der Waals surface area contributed by atoms with Crippen LogP contribution < -0.4 is 24.8 Å². The number of hydrogen-bond donors (Lipinski definition) is 2. The number of fused-ring (bicyclic) bond motifs is 1. The van der Waals surface area contributed by atoms with E-state index in [1.807, 2.05) is 30.3 Å². The number of furan rings is 1. The van der Waals surface area contributed by atoms with Gasteiger partial charge in [0.1, 0.15) is 17.2 Å². The molecule has 0 unspecified atom stereocenters. The van der Waals surface area contributed by atoms with Gasteiger partial charge < -0.3 is 29.3 Å². The van der Waals surface area contributed by atoms with Gasteiger partial charge in [-0.3, -0.25) is 0 Å². The molecule has 1 aliphatic rings. The van der Waals surface area contributed by atoms with Gasteiger partial charge in [-0.1, -0.05) is 24.3 Å². The van der Waals surface area contributed by atoms with Crippen molar-refractivity contribution in [1.82, 2.24) is 0 Å². The summed E-state index contributed by atoms with van der Waals surface area (Å²) in [6, 6.07) is 22.7. The van der Waals surface area contributed by atoms with Crippen LogP contribution in [0.2, 0.25) is 0 Å². The van der Waals surface area contributed by atoms with Crippen molar-refractivity contribution >= 4 is 22.9 Å². The van der Waals surface area contributed by atoms with Gasteiger partial charge in [0.15, 0.2) is 0 Å². The van der Waals surface area contributed by atoms with E-state index in [-0.39, 0.29) is 11.3 Å². The van der Waals surface area contributed by atoms with Crippen LogP contribution in [0.3, 0.4) is 0 Å². The Morgan fingerprint density at radius 3 is 2.50 bits per heavy atom. The molecule has 7 heteroatoms. The first kappa shape index (κ1) is 25.0. The number of esters is 1. The van der Waals surface area contributed by atoms with E-state index >= 15 is 0 Å². The molecule has 5 rings (SSSR count). The van der Waals surface area contributed by atoms with Crippen LogP contribution in [0.1, 0.15) is 30.0 Å². The molecule has 7 nitrogen and oxygen atoms in total. The average Bonchev–Trinajstić information content (AvgIpc) is 3.46. The van der Waals surface area contributed by atoms with Crippen molar-refractivity contribution in [2.75, 3.05) is 31.4 Å². The third kappa shape index (κ3) is 5.22. The molecule has 194 valence electrons. The van der Waals surface area contributed by atoms with Crippen molar-refractivity contribution in [2.45, 2.75) is 19.4 Å². The molecule has 0 atom stereocenters. The number of anilines is 2. The Morgan fingerprint density at radius 2 is 1.74 bits per heavy atom. The third-order valence-electron chi connectivity index (χ3n) is 6.35. The van der Waals surface area contributed by atoms with Gasteiger partial charge in [-0.2, -0.15) is 0 Å². The van der Waals surface area contributed by atoms with E-state index in [4.69, 9.17) is 18.6 Å². The van der Waals surface area contributed by atoms with Gasteiger partial charge in [0.2, 0.25) is 5.76 Å². The number of carbonyl (C=O) groups is 1. The molecule has 4 aromatic rings. The van der Waals surface area contributed by atoms with Gasteiger partial charge in [0, 0.05) is 29.4 Å². The predicted octanol–water partition coefficient (Wildman–Crippen LogP) is 6.88. The number of methoxy groups -OCH3 is 2. The normalized spacial score (nSPS) is 13.5. The Hall–Kier alpha value is -4.65. The van der Waals surface area contributed by atoms with Crippen LogP contribution >= 0.6 is 0 Å². The van der Waals surface area contributed by atoms with Crippen molar-refractivity contribution < 1.29 is 23.4 Å². The topological polar surface area (TPSA) is 82.0 Å². The molecular formula is C31H30N2O5. The summed E-state index contributed by atoms with van der Waals surface area (Å²) in [7, 11) is 3.27. The summed E-state index contributed by atoms with van der Waals surface area (Å²) in [4.78, 5) is 12.3. The minimum absolute atomic E-state index is 0.138. The number of nitrogens with one attached hydrogen (secondary N) is 2. The van der Waals surface area contributed by atoms with Crippen LogP contribution in [0.5, 0.6) is 17.2 Å². The summed E-state index contributed by atoms with van der Waals surface area (Å²) < 4.78 is 21.8. The molecule has 3 aromatic carbocycles. The van der Waals surface area contributed by atoms with E-state index in [0.717, 1.165) is 33.8 Å². The van der Waals surface area contributed by atoms with Crippen molar-refractivity contribution in [2.24, 2.45) is 0 Å². The van der Waals surface area contributed by atoms with Crippen molar-refractivity contribution in [3.63, 3.8) is 0 Å². The van der Waals surface area contributed by atoms with Crippen LogP contribution in [0.15, 0.2) is 89.6 Å². The molecule has 0 saturated carbocycles. The van der Waals surface area contributed by atoms with Crippen LogP contribution in [-0.4, -0.2) is 32.3 Å². The standard InChI is InChI=1S/C31H30N2O5/c1-31(2)18-21(19-32-26-8-5-6-9-27(26)35-3)24-16-20(11-14-25(24)33-31)23-13-12-22(17-29(23)36-4)38-30(34)28-10-7-15-37-28/h5-18,32-33H,19H2,1-4H3. The molecule has 1 aliphatic heterocycles. The molecule has 2 heterocycles. The van der Waals surface area contributed by atoms with Crippen LogP contribution in [0.25, 0.3) is 16.7 Å². The monoisotopic (exact) mass is 510 g/mol. The van der Waals surface area contributed by atoms with Gasteiger partial charge in [-0.15, -0.1) is 0 Å². The first-order chi connectivity index (χ1) is 18.4. The van der Waals surface area contributed by atoms with Gasteiger partial charge in [-0.25, -0.2) is 4.79 Å². The second kappa shape index (κ2) is 10.4. The number of ether oxygens (including phenoxy) is 3. The summed E-state index contributed by atoms with van der Waals surface area (Å²) in [5.41, 5.74) is 5.92. The lowest BCUT2D eigenvalue weighted by Gasteiger charge is -2.33. The SMILES string of the molecule is COc1ccccc1NCC1=CC(C)(C)Nc2ccc(-c3ccc(OC(=O)c4ccco4)cc3OC)cc21. The molecule has 1 aromatic heterocycles. The summed E-state index contributed by atoms with van der Waals surface area (Å²) in [5.74, 6) is 1.34. The Labute approximate surface area is 222 Å². The summed E-state index contributed by atoms with van der Waals surface area (Å²) in [6.07, 6.45) is 3.68. The van der Waals surface area contributed by atoms with E-state index in [0.29, 0.717) is 18.0 Å². The zero-order chi connectivity index (χ0) is 26.7. The smallest absolute Gasteiger partial charge is 0.379 e. The van der Waals surface area contributed by atoms with Gasteiger partial charge >= 0.3 is 5.97 Å². The minimum Gasteiger partial charge on any atom is -0.496 e. The first-order valence-electron chi connectivity index (χ1n) is 12.3. The number of carbonyl (C=O) groups excluding carboxylic acids is 1. The van der Waals surface area contributed by atoms with E-state index in [1.54, 1.807) is 38.5 Å². The number of hydrogen-bond acceptors (Lipinski definition) is 7. The molecule has 0 radical (unpaired) electrons. The van der Waals surface area contributed by atoms with E-state index in [9.17, 15) is 4.79 Å².